The van der Waals surface area contributed by atoms with Crippen LogP contribution >= 0.6 is 0 Å². The molecule has 0 aliphatic carbocycles. The van der Waals surface area contributed by atoms with Gasteiger partial charge in [-0.2, -0.15) is 0 Å². The van der Waals surface area contributed by atoms with Gasteiger partial charge in [0, 0.05) is 24.5 Å². The van der Waals surface area contributed by atoms with Gasteiger partial charge in [0.25, 0.3) is 0 Å². The van der Waals surface area contributed by atoms with Crippen LogP contribution in [0.1, 0.15) is 18.3 Å². The molecular weight excluding hydrogens is 254 g/mol. The summed E-state index contributed by atoms with van der Waals surface area (Å²) in [4.78, 5) is 4.19. The Morgan fingerprint density at radius 1 is 1.30 bits per heavy atom. The summed E-state index contributed by atoms with van der Waals surface area (Å²) in [6.45, 7) is 6.25. The van der Waals surface area contributed by atoms with Crippen LogP contribution in [-0.2, 0) is 13.1 Å². The molecule has 2 N–H and O–H groups in total. The lowest BCUT2D eigenvalue weighted by atomic mass is 10.2. The van der Waals surface area contributed by atoms with Gasteiger partial charge in [-0.1, -0.05) is 12.1 Å². The molecule has 0 saturated carbocycles. The smallest absolute Gasteiger partial charge is 0.165 e. The molecule has 0 saturated heterocycles. The van der Waals surface area contributed by atoms with Gasteiger partial charge in [0.1, 0.15) is 12.4 Å². The van der Waals surface area contributed by atoms with E-state index in [-0.39, 0.29) is 0 Å². The zero-order valence-electron chi connectivity index (χ0n) is 12.0. The van der Waals surface area contributed by atoms with Crippen LogP contribution in [0.5, 0.6) is 11.5 Å². The highest BCUT2D eigenvalue weighted by Crippen LogP contribution is 2.31. The Bertz CT molecular complexity index is 552. The monoisotopic (exact) mass is 275 g/mol. The van der Waals surface area contributed by atoms with Gasteiger partial charge in [0.15, 0.2) is 11.5 Å². The normalized spacial score (nSPS) is 10.6. The predicted octanol–water partition coefficient (Wildman–Crippen LogP) is 2.13. The number of imidazole rings is 1. The second-order valence-electron chi connectivity index (χ2n) is 4.40. The second-order valence-corrected chi connectivity index (χ2v) is 4.40. The third-order valence-electron chi connectivity index (χ3n) is 3.08. The fourth-order valence-electron chi connectivity index (χ4n) is 2.04. The number of rotatable bonds is 7. The van der Waals surface area contributed by atoms with E-state index in [0.717, 1.165) is 29.4 Å². The standard InChI is InChI=1S/C15H21N3O2/c1-3-19-14-6-4-5-13(11-16)15(14)20-10-9-18-8-7-17-12(18)2/h4-8H,3,9-11,16H2,1-2H3. The van der Waals surface area contributed by atoms with E-state index < -0.39 is 0 Å². The van der Waals surface area contributed by atoms with Gasteiger partial charge < -0.3 is 19.8 Å². The molecule has 2 rings (SSSR count). The van der Waals surface area contributed by atoms with Gasteiger partial charge in [-0.05, 0) is 19.9 Å². The van der Waals surface area contributed by atoms with Crippen molar-refractivity contribution in [2.45, 2.75) is 26.9 Å². The molecule has 0 aliphatic rings. The molecule has 108 valence electrons. The topological polar surface area (TPSA) is 62.3 Å². The fourth-order valence-corrected chi connectivity index (χ4v) is 2.04. The number of aryl methyl sites for hydroxylation is 1. The number of aromatic nitrogens is 2. The number of ether oxygens (including phenoxy) is 2. The highest BCUT2D eigenvalue weighted by Gasteiger charge is 2.10. The van der Waals surface area contributed by atoms with E-state index in [9.17, 15) is 0 Å². The summed E-state index contributed by atoms with van der Waals surface area (Å²) < 4.78 is 13.5. The van der Waals surface area contributed by atoms with E-state index in [1.165, 1.54) is 0 Å². The molecule has 1 aromatic carbocycles. The second kappa shape index (κ2) is 6.96. The van der Waals surface area contributed by atoms with Crippen LogP contribution in [0.4, 0.5) is 0 Å². The summed E-state index contributed by atoms with van der Waals surface area (Å²) in [5.41, 5.74) is 6.71. The van der Waals surface area contributed by atoms with Crippen molar-refractivity contribution in [1.82, 2.24) is 9.55 Å². The van der Waals surface area contributed by atoms with Gasteiger partial charge in [-0.25, -0.2) is 4.98 Å². The van der Waals surface area contributed by atoms with Crippen molar-refractivity contribution in [3.05, 3.63) is 42.0 Å². The van der Waals surface area contributed by atoms with Crippen LogP contribution in [0.25, 0.3) is 0 Å². The maximum absolute atomic E-state index is 5.89. The van der Waals surface area contributed by atoms with Crippen LogP contribution in [0.3, 0.4) is 0 Å². The predicted molar refractivity (Wildman–Crippen MR) is 78.0 cm³/mol. The zero-order chi connectivity index (χ0) is 14.4. The molecule has 0 aliphatic heterocycles. The van der Waals surface area contributed by atoms with Crippen LogP contribution < -0.4 is 15.2 Å². The molecule has 0 atom stereocenters. The van der Waals surface area contributed by atoms with Gasteiger partial charge in [-0.15, -0.1) is 0 Å². The summed E-state index contributed by atoms with van der Waals surface area (Å²) in [5, 5.41) is 0. The molecule has 5 heteroatoms. The minimum atomic E-state index is 0.431. The molecule has 0 fully saturated rings. The Kier molecular flexibility index (Phi) is 5.01. The van der Waals surface area contributed by atoms with Gasteiger partial charge in [0.05, 0.1) is 13.2 Å². The lowest BCUT2D eigenvalue weighted by Crippen LogP contribution is -2.11. The minimum absolute atomic E-state index is 0.431. The van der Waals surface area contributed by atoms with Crippen LogP contribution in [-0.4, -0.2) is 22.8 Å². The molecule has 1 heterocycles. The molecule has 1 aromatic heterocycles. The SMILES string of the molecule is CCOc1cccc(CN)c1OCCn1ccnc1C. The van der Waals surface area contributed by atoms with Crippen molar-refractivity contribution in [3.8, 4) is 11.5 Å². The Labute approximate surface area is 119 Å². The number of hydrogen-bond donors (Lipinski definition) is 1. The van der Waals surface area contributed by atoms with Crippen LogP contribution in [0, 0.1) is 6.92 Å². The van der Waals surface area contributed by atoms with Crippen LogP contribution in [0.15, 0.2) is 30.6 Å². The molecule has 0 unspecified atom stereocenters. The van der Waals surface area contributed by atoms with Crippen LogP contribution in [0.2, 0.25) is 0 Å². The number of benzene rings is 1. The molecule has 2 aromatic rings. The average Bonchev–Trinajstić information content (AvgIpc) is 2.86. The largest absolute Gasteiger partial charge is 0.490 e. The van der Waals surface area contributed by atoms with Gasteiger partial charge >= 0.3 is 0 Å². The average molecular weight is 275 g/mol. The maximum Gasteiger partial charge on any atom is 0.165 e. The highest BCUT2D eigenvalue weighted by atomic mass is 16.5. The first-order valence-electron chi connectivity index (χ1n) is 6.81. The van der Waals surface area contributed by atoms with E-state index in [2.05, 4.69) is 4.98 Å². The first kappa shape index (κ1) is 14.4. The number of nitrogens with zero attached hydrogens (tertiary/aromatic N) is 2. The van der Waals surface area contributed by atoms with E-state index in [0.29, 0.717) is 19.8 Å². The summed E-state index contributed by atoms with van der Waals surface area (Å²) >= 11 is 0. The molecule has 5 nitrogen and oxygen atoms in total. The van der Waals surface area contributed by atoms with Crippen molar-refractivity contribution < 1.29 is 9.47 Å². The lowest BCUT2D eigenvalue weighted by molar-refractivity contribution is 0.263. The van der Waals surface area contributed by atoms with Gasteiger partial charge in [0.2, 0.25) is 0 Å². The summed E-state index contributed by atoms with van der Waals surface area (Å²) in [7, 11) is 0. The molecule has 0 bridgehead atoms. The number of para-hydroxylation sites is 1. The van der Waals surface area contributed by atoms with E-state index >= 15 is 0 Å². The number of nitrogens with two attached hydrogens (primary N) is 1. The Hall–Kier alpha value is -2.01. The Morgan fingerprint density at radius 3 is 2.80 bits per heavy atom. The third kappa shape index (κ3) is 3.30. The highest BCUT2D eigenvalue weighted by molar-refractivity contribution is 5.46. The Morgan fingerprint density at radius 2 is 2.15 bits per heavy atom. The van der Waals surface area contributed by atoms with Crippen molar-refractivity contribution in [2.75, 3.05) is 13.2 Å². The summed E-state index contributed by atoms with van der Waals surface area (Å²) in [6, 6.07) is 5.79. The minimum Gasteiger partial charge on any atom is -0.490 e. The third-order valence-corrected chi connectivity index (χ3v) is 3.08. The first-order chi connectivity index (χ1) is 9.76. The van der Waals surface area contributed by atoms with Crippen molar-refractivity contribution in [2.24, 2.45) is 5.73 Å². The van der Waals surface area contributed by atoms with Crippen molar-refractivity contribution >= 4 is 0 Å². The summed E-state index contributed by atoms with van der Waals surface area (Å²) in [5.74, 6) is 2.47. The molecule has 0 radical (unpaired) electrons. The van der Waals surface area contributed by atoms with E-state index in [1.54, 1.807) is 6.20 Å². The van der Waals surface area contributed by atoms with Crippen molar-refractivity contribution in [3.63, 3.8) is 0 Å². The summed E-state index contributed by atoms with van der Waals surface area (Å²) in [6.07, 6.45) is 3.73. The fraction of sp³-hybridized carbons (Fsp3) is 0.400. The molecule has 0 spiro atoms. The molecule has 20 heavy (non-hydrogen) atoms. The van der Waals surface area contributed by atoms with Crippen molar-refractivity contribution in [1.29, 1.82) is 0 Å². The Balaban J connectivity index is 2.05. The maximum atomic E-state index is 5.89. The quantitative estimate of drug-likeness (QED) is 0.841. The zero-order valence-corrected chi connectivity index (χ0v) is 12.0. The first-order valence-corrected chi connectivity index (χ1v) is 6.81. The molecular formula is C15H21N3O2. The number of hydrogen-bond acceptors (Lipinski definition) is 4. The van der Waals surface area contributed by atoms with Gasteiger partial charge in [-0.3, -0.25) is 0 Å². The van der Waals surface area contributed by atoms with E-state index in [1.807, 2.05) is 42.8 Å². The lowest BCUT2D eigenvalue weighted by Gasteiger charge is -2.15. The van der Waals surface area contributed by atoms with E-state index in [4.69, 9.17) is 15.2 Å². The molecule has 0 amide bonds.